The van der Waals surface area contributed by atoms with Gasteiger partial charge in [0.15, 0.2) is 5.11 Å². The number of fused-ring (bicyclic) bond motifs is 1. The topological polar surface area (TPSA) is 26.8 Å². The zero-order chi connectivity index (χ0) is 16.0. The maximum Gasteiger partial charge on any atom is 0.278 e. The van der Waals surface area contributed by atoms with E-state index in [9.17, 15) is 4.79 Å². The molecule has 2 heterocycles. The second-order valence-electron chi connectivity index (χ2n) is 5.58. The lowest BCUT2D eigenvalue weighted by Gasteiger charge is -2.31. The number of thiocarbonyl (C=S) groups is 1. The van der Waals surface area contributed by atoms with Gasteiger partial charge < -0.3 is 9.80 Å². The molecule has 0 spiro atoms. The number of aryl methyl sites for hydroxylation is 1. The number of likely N-dealkylation sites (N-methyl/N-ethyl adjacent to an activating group) is 3. The fraction of sp³-hybridized carbons (Fsp3) is 0.294. The quantitative estimate of drug-likeness (QED) is 0.588. The lowest BCUT2D eigenvalue weighted by Crippen LogP contribution is -2.29. The Bertz CT molecular complexity index is 735. The van der Waals surface area contributed by atoms with E-state index in [0.717, 1.165) is 17.9 Å². The first-order valence-corrected chi connectivity index (χ1v) is 7.72. The van der Waals surface area contributed by atoms with Gasteiger partial charge in [0.2, 0.25) is 0 Å². The molecule has 1 fully saturated rings. The van der Waals surface area contributed by atoms with Crippen LogP contribution in [-0.2, 0) is 4.79 Å². The first kappa shape index (κ1) is 14.8. The van der Waals surface area contributed by atoms with Gasteiger partial charge in [-0.2, -0.15) is 0 Å². The predicted molar refractivity (Wildman–Crippen MR) is 93.4 cm³/mol. The molecular formula is C17H19N3OS. The molecule has 4 nitrogen and oxygen atoms in total. The number of rotatable bonds is 1. The molecule has 2 aliphatic heterocycles. The Kier molecular flexibility index (Phi) is 3.53. The summed E-state index contributed by atoms with van der Waals surface area (Å²) < 4.78 is 0. The summed E-state index contributed by atoms with van der Waals surface area (Å²) in [6, 6.07) is 6.37. The van der Waals surface area contributed by atoms with E-state index in [2.05, 4.69) is 43.0 Å². The Morgan fingerprint density at radius 1 is 1.14 bits per heavy atom. The van der Waals surface area contributed by atoms with Gasteiger partial charge in [0.1, 0.15) is 5.70 Å². The fourth-order valence-electron chi connectivity index (χ4n) is 2.98. The van der Waals surface area contributed by atoms with Gasteiger partial charge in [-0.1, -0.05) is 17.7 Å². The summed E-state index contributed by atoms with van der Waals surface area (Å²) in [5, 5.41) is 0.534. The Hall–Kier alpha value is -2.14. The molecule has 0 bridgehead atoms. The highest BCUT2D eigenvalue weighted by atomic mass is 32.1. The third-order valence-corrected chi connectivity index (χ3v) is 4.71. The van der Waals surface area contributed by atoms with Crippen LogP contribution in [0.1, 0.15) is 18.1 Å². The van der Waals surface area contributed by atoms with Crippen molar-refractivity contribution < 1.29 is 4.79 Å². The van der Waals surface area contributed by atoms with Crippen LogP contribution < -0.4 is 4.90 Å². The molecule has 1 aromatic rings. The van der Waals surface area contributed by atoms with Crippen LogP contribution in [0.5, 0.6) is 0 Å². The molecule has 0 unspecified atom stereocenters. The van der Waals surface area contributed by atoms with Gasteiger partial charge in [0, 0.05) is 26.3 Å². The van der Waals surface area contributed by atoms with E-state index >= 15 is 0 Å². The zero-order valence-electron chi connectivity index (χ0n) is 13.3. The summed E-state index contributed by atoms with van der Waals surface area (Å²) in [6.45, 7) is 4.96. The Balaban J connectivity index is 2.18. The van der Waals surface area contributed by atoms with Gasteiger partial charge in [-0.05, 0) is 49.8 Å². The van der Waals surface area contributed by atoms with Crippen molar-refractivity contribution in [2.75, 3.05) is 25.5 Å². The van der Waals surface area contributed by atoms with Crippen molar-refractivity contribution in [1.29, 1.82) is 0 Å². The number of anilines is 1. The number of carbonyl (C=O) groups is 1. The molecule has 3 rings (SSSR count). The maximum atomic E-state index is 12.5. The van der Waals surface area contributed by atoms with Crippen molar-refractivity contribution in [2.24, 2.45) is 0 Å². The van der Waals surface area contributed by atoms with E-state index in [1.165, 1.54) is 16.0 Å². The second-order valence-corrected chi connectivity index (χ2v) is 5.94. The minimum atomic E-state index is -0.0545. The van der Waals surface area contributed by atoms with E-state index in [1.54, 1.807) is 11.9 Å². The number of hydrogen-bond acceptors (Lipinski definition) is 3. The standard InChI is InChI=1S/C17H19N3OS/c1-5-20-13-8-6-11(2)10-12(13)7-9-14(20)15-16(21)19(4)17(22)18(15)3/h6-10H,5H2,1-4H3/b15-14-. The predicted octanol–water partition coefficient (Wildman–Crippen LogP) is 2.75. The van der Waals surface area contributed by atoms with Crippen molar-refractivity contribution in [3.05, 3.63) is 46.8 Å². The summed E-state index contributed by atoms with van der Waals surface area (Å²) in [7, 11) is 3.56. The first-order valence-electron chi connectivity index (χ1n) is 7.32. The Labute approximate surface area is 136 Å². The minimum absolute atomic E-state index is 0.0545. The summed E-state index contributed by atoms with van der Waals surface area (Å²) in [4.78, 5) is 18.0. The first-order chi connectivity index (χ1) is 10.5. The number of hydrogen-bond donors (Lipinski definition) is 0. The van der Waals surface area contributed by atoms with E-state index in [-0.39, 0.29) is 5.91 Å². The van der Waals surface area contributed by atoms with Crippen molar-refractivity contribution in [2.45, 2.75) is 13.8 Å². The molecule has 22 heavy (non-hydrogen) atoms. The number of amides is 1. The van der Waals surface area contributed by atoms with Gasteiger partial charge in [-0.25, -0.2) is 0 Å². The second kappa shape index (κ2) is 5.25. The lowest BCUT2D eigenvalue weighted by atomic mass is 10.0. The Morgan fingerprint density at radius 2 is 1.86 bits per heavy atom. The molecule has 0 radical (unpaired) electrons. The molecule has 0 atom stereocenters. The number of carbonyl (C=O) groups excluding carboxylic acids is 1. The summed E-state index contributed by atoms with van der Waals surface area (Å²) in [5.74, 6) is -0.0545. The summed E-state index contributed by atoms with van der Waals surface area (Å²) in [6.07, 6.45) is 4.08. The molecule has 1 amide bonds. The SMILES string of the molecule is CCN1/C(=C2/C(=O)N(C)C(=S)N2C)C=Cc2cc(C)ccc21. The van der Waals surface area contributed by atoms with Gasteiger partial charge >= 0.3 is 0 Å². The number of benzene rings is 1. The van der Waals surface area contributed by atoms with Crippen LogP contribution in [0.25, 0.3) is 6.08 Å². The highest BCUT2D eigenvalue weighted by molar-refractivity contribution is 7.80. The highest BCUT2D eigenvalue weighted by Crippen LogP contribution is 2.35. The third-order valence-electron chi connectivity index (χ3n) is 4.16. The largest absolute Gasteiger partial charge is 0.339 e. The number of allylic oxidation sites excluding steroid dienone is 1. The normalized spacial score (nSPS) is 21.0. The molecule has 0 aliphatic carbocycles. The van der Waals surface area contributed by atoms with Crippen LogP contribution in [0.3, 0.4) is 0 Å². The molecule has 0 N–H and O–H groups in total. The third kappa shape index (κ3) is 2.04. The van der Waals surface area contributed by atoms with Gasteiger partial charge in [-0.15, -0.1) is 0 Å². The fourth-order valence-corrected chi connectivity index (χ4v) is 3.15. The molecular weight excluding hydrogens is 294 g/mol. The highest BCUT2D eigenvalue weighted by Gasteiger charge is 2.37. The van der Waals surface area contributed by atoms with Crippen molar-refractivity contribution in [3.8, 4) is 0 Å². The van der Waals surface area contributed by atoms with E-state index in [4.69, 9.17) is 12.2 Å². The Morgan fingerprint density at radius 3 is 2.45 bits per heavy atom. The van der Waals surface area contributed by atoms with Gasteiger partial charge in [0.25, 0.3) is 5.91 Å². The molecule has 114 valence electrons. The smallest absolute Gasteiger partial charge is 0.278 e. The number of nitrogens with zero attached hydrogens (tertiary/aromatic N) is 3. The average Bonchev–Trinajstić information content (AvgIpc) is 2.70. The monoisotopic (exact) mass is 313 g/mol. The average molecular weight is 313 g/mol. The molecule has 0 saturated carbocycles. The summed E-state index contributed by atoms with van der Waals surface area (Å²) >= 11 is 5.31. The van der Waals surface area contributed by atoms with Crippen LogP contribution >= 0.6 is 12.2 Å². The van der Waals surface area contributed by atoms with Gasteiger partial charge in [-0.3, -0.25) is 9.69 Å². The van der Waals surface area contributed by atoms with Crippen LogP contribution in [0, 0.1) is 6.92 Å². The van der Waals surface area contributed by atoms with Crippen LogP contribution in [0.15, 0.2) is 35.7 Å². The zero-order valence-corrected chi connectivity index (χ0v) is 14.1. The van der Waals surface area contributed by atoms with Crippen LogP contribution in [0.2, 0.25) is 0 Å². The van der Waals surface area contributed by atoms with Crippen LogP contribution in [0.4, 0.5) is 5.69 Å². The summed E-state index contributed by atoms with van der Waals surface area (Å²) in [5.41, 5.74) is 5.07. The minimum Gasteiger partial charge on any atom is -0.339 e. The maximum absolute atomic E-state index is 12.5. The van der Waals surface area contributed by atoms with E-state index < -0.39 is 0 Å². The molecule has 1 saturated heterocycles. The molecule has 1 aromatic carbocycles. The molecule has 2 aliphatic rings. The van der Waals surface area contributed by atoms with Crippen LogP contribution in [-0.4, -0.2) is 41.5 Å². The van der Waals surface area contributed by atoms with Crippen molar-refractivity contribution >= 4 is 35.0 Å². The lowest BCUT2D eigenvalue weighted by molar-refractivity contribution is -0.121. The van der Waals surface area contributed by atoms with Crippen molar-refractivity contribution in [3.63, 3.8) is 0 Å². The molecule has 0 aromatic heterocycles. The molecule has 5 heteroatoms. The van der Waals surface area contributed by atoms with E-state index in [0.29, 0.717) is 10.8 Å². The van der Waals surface area contributed by atoms with E-state index in [1.807, 2.05) is 13.1 Å². The van der Waals surface area contributed by atoms with Gasteiger partial charge in [0.05, 0.1) is 5.70 Å². The van der Waals surface area contributed by atoms with Crippen molar-refractivity contribution in [1.82, 2.24) is 9.80 Å².